The van der Waals surface area contributed by atoms with E-state index in [4.69, 9.17) is 29.2 Å². The quantitative estimate of drug-likeness (QED) is 0.0765. The normalized spacial score (nSPS) is 17.4. The van der Waals surface area contributed by atoms with Crippen LogP contribution in [0.15, 0.2) is 45.3 Å². The molecule has 2 atom stereocenters. The highest BCUT2D eigenvalue weighted by Gasteiger charge is 2.54. The van der Waals surface area contributed by atoms with Crippen molar-refractivity contribution in [2.45, 2.75) is 32.2 Å². The molecule has 4 rings (SSSR count). The highest BCUT2D eigenvalue weighted by molar-refractivity contribution is 8.00. The first-order valence-corrected chi connectivity index (χ1v) is 13.7. The Morgan fingerprint density at radius 2 is 1.80 bits per heavy atom. The number of thioether (sulfide) groups is 1. The summed E-state index contributed by atoms with van der Waals surface area (Å²) in [6.07, 6.45) is 0.936. The Hall–Kier alpha value is -5.72. The average Bonchev–Trinajstić information content (AvgIpc) is 3.39. The van der Waals surface area contributed by atoms with Crippen molar-refractivity contribution in [1.82, 2.24) is 15.2 Å². The fourth-order valence-electron chi connectivity index (χ4n) is 4.04. The van der Waals surface area contributed by atoms with E-state index < -0.39 is 58.8 Å². The Morgan fingerprint density at radius 3 is 2.40 bits per heavy atom. The third-order valence-corrected chi connectivity index (χ3v) is 7.21. The van der Waals surface area contributed by atoms with E-state index >= 15 is 0 Å². The van der Waals surface area contributed by atoms with Gasteiger partial charge in [-0.2, -0.15) is 4.98 Å². The molecule has 0 unspecified atom stereocenters. The van der Waals surface area contributed by atoms with Crippen molar-refractivity contribution < 1.29 is 62.1 Å². The summed E-state index contributed by atoms with van der Waals surface area (Å²) in [7, 11) is 0. The van der Waals surface area contributed by atoms with E-state index in [9.17, 15) is 38.7 Å². The fraction of sp³-hybridized carbons (Fsp3) is 0.269. The van der Waals surface area contributed by atoms with Crippen LogP contribution in [0.5, 0.6) is 11.5 Å². The number of aliphatic carboxylic acids is 1. The summed E-state index contributed by atoms with van der Waals surface area (Å²) < 4.78 is 19.7. The van der Waals surface area contributed by atoms with Gasteiger partial charge in [0.05, 0.1) is 5.56 Å². The second-order valence-electron chi connectivity index (χ2n) is 9.14. The minimum atomic E-state index is -1.43. The number of hydrogen-bond donors (Lipinski definition) is 3. The first-order chi connectivity index (χ1) is 21.3. The molecule has 4 N–H and O–H groups in total. The standard InChI is InChI=1S/C26H23N5O13S/c1-10(32)40-7-14-9-45-23-19(22(36)31(23)20(14)24(37)38)29-21(35)18(15-8-41-26(27)28-15)30-44-25(39)13-4-5-16(42-11(2)33)17(6-13)43-12(3)34/h4-6,8,19,23H,7,9H2,1-3H3,(H2,27,28)(H,29,35)(H,37,38)/t19-,23+/m0/s1. The molecule has 1 aromatic heterocycles. The molecule has 0 bridgehead atoms. The monoisotopic (exact) mass is 645 g/mol. The van der Waals surface area contributed by atoms with Crippen molar-refractivity contribution in [2.75, 3.05) is 18.1 Å². The second-order valence-corrected chi connectivity index (χ2v) is 10.2. The molecule has 45 heavy (non-hydrogen) atoms. The molecule has 18 nitrogen and oxygen atoms in total. The maximum Gasteiger partial charge on any atom is 0.365 e. The number of nitrogens with one attached hydrogen (secondary N) is 1. The maximum atomic E-state index is 13.3. The number of esters is 3. The molecule has 0 saturated carbocycles. The van der Waals surface area contributed by atoms with Gasteiger partial charge in [-0.15, -0.1) is 11.8 Å². The Bertz CT molecular complexity index is 1680. The number of carboxylic acids is 1. The minimum Gasteiger partial charge on any atom is -0.477 e. The highest BCUT2D eigenvalue weighted by Crippen LogP contribution is 2.40. The van der Waals surface area contributed by atoms with Crippen LogP contribution in [0.25, 0.3) is 0 Å². The van der Waals surface area contributed by atoms with Crippen LogP contribution in [-0.4, -0.2) is 86.1 Å². The van der Waals surface area contributed by atoms with Crippen molar-refractivity contribution in [1.29, 1.82) is 0 Å². The molecular formula is C26H23N5O13S. The van der Waals surface area contributed by atoms with E-state index in [2.05, 4.69) is 15.5 Å². The van der Waals surface area contributed by atoms with E-state index in [1.54, 1.807) is 0 Å². The lowest BCUT2D eigenvalue weighted by Gasteiger charge is -2.49. The number of carbonyl (C=O) groups is 7. The molecule has 2 aliphatic heterocycles. The van der Waals surface area contributed by atoms with Crippen LogP contribution in [0.3, 0.4) is 0 Å². The number of fused-ring (bicyclic) bond motifs is 1. The number of anilines is 1. The predicted octanol–water partition coefficient (Wildman–Crippen LogP) is -0.0298. The number of nitrogens with two attached hydrogens (primary N) is 1. The Labute approximate surface area is 256 Å². The lowest BCUT2D eigenvalue weighted by Crippen LogP contribution is -2.71. The second kappa shape index (κ2) is 13.3. The van der Waals surface area contributed by atoms with Gasteiger partial charge in [0, 0.05) is 32.1 Å². The van der Waals surface area contributed by atoms with Gasteiger partial charge in [-0.3, -0.25) is 28.9 Å². The summed E-state index contributed by atoms with van der Waals surface area (Å²) >= 11 is 1.12. The lowest BCUT2D eigenvalue weighted by molar-refractivity contribution is -0.150. The van der Waals surface area contributed by atoms with Crippen molar-refractivity contribution in [2.24, 2.45) is 5.16 Å². The summed E-state index contributed by atoms with van der Waals surface area (Å²) in [5, 5.41) is 14.9. The molecule has 1 saturated heterocycles. The van der Waals surface area contributed by atoms with Crippen LogP contribution in [0.4, 0.5) is 6.01 Å². The molecule has 2 amide bonds. The number of oxime groups is 1. The van der Waals surface area contributed by atoms with Gasteiger partial charge in [0.25, 0.3) is 17.8 Å². The van der Waals surface area contributed by atoms with E-state index in [1.165, 1.54) is 12.1 Å². The van der Waals surface area contributed by atoms with Gasteiger partial charge in [0.1, 0.15) is 35.7 Å². The van der Waals surface area contributed by atoms with E-state index in [1.807, 2.05) is 0 Å². The molecule has 0 aliphatic carbocycles. The summed E-state index contributed by atoms with van der Waals surface area (Å²) in [6, 6.07) is 1.78. The molecule has 236 valence electrons. The number of nitrogens with zero attached hydrogens (tertiary/aromatic N) is 3. The minimum absolute atomic E-state index is 0.0830. The molecule has 0 radical (unpaired) electrons. The number of oxazole rings is 1. The first-order valence-electron chi connectivity index (χ1n) is 12.6. The van der Waals surface area contributed by atoms with E-state index in [0.717, 1.165) is 49.8 Å². The molecule has 3 heterocycles. The number of ether oxygens (including phenoxy) is 3. The van der Waals surface area contributed by atoms with Gasteiger partial charge in [-0.05, 0) is 18.2 Å². The van der Waals surface area contributed by atoms with Crippen LogP contribution in [0.1, 0.15) is 36.8 Å². The maximum absolute atomic E-state index is 13.3. The van der Waals surface area contributed by atoms with Crippen molar-refractivity contribution in [3.8, 4) is 11.5 Å². The van der Waals surface area contributed by atoms with Crippen molar-refractivity contribution >= 4 is 65.1 Å². The smallest absolute Gasteiger partial charge is 0.365 e. The van der Waals surface area contributed by atoms with Crippen LogP contribution in [-0.2, 0) is 38.3 Å². The first kappa shape index (κ1) is 32.2. The zero-order valence-electron chi connectivity index (χ0n) is 23.6. The SMILES string of the molecule is CC(=O)OCC1=C(C(=O)O)N2C(=O)[C@H](NC(=O)C(=NOC(=O)c3ccc(OC(C)=O)c(OC(C)=O)c3)c3coc(N)n3)[C@H]2SC1. The molecular weight excluding hydrogens is 622 g/mol. The highest BCUT2D eigenvalue weighted by atomic mass is 32.2. The Kier molecular flexibility index (Phi) is 9.51. The van der Waals surface area contributed by atoms with Gasteiger partial charge in [-0.25, -0.2) is 9.59 Å². The number of carboxylic acid groups (broad SMARTS) is 1. The average molecular weight is 646 g/mol. The van der Waals surface area contributed by atoms with Gasteiger partial charge in [0.15, 0.2) is 17.2 Å². The molecule has 0 spiro atoms. The fourth-order valence-corrected chi connectivity index (χ4v) is 5.37. The number of benzene rings is 1. The summed E-state index contributed by atoms with van der Waals surface area (Å²) in [5.74, 6) is -6.90. The number of carbonyl (C=O) groups excluding carboxylic acids is 6. The van der Waals surface area contributed by atoms with Gasteiger partial charge >= 0.3 is 29.8 Å². The van der Waals surface area contributed by atoms with Crippen molar-refractivity contribution in [3.63, 3.8) is 0 Å². The third-order valence-electron chi connectivity index (χ3n) is 5.87. The van der Waals surface area contributed by atoms with Gasteiger partial charge in [0.2, 0.25) is 0 Å². The van der Waals surface area contributed by atoms with Crippen molar-refractivity contribution in [3.05, 3.63) is 47.0 Å². The Morgan fingerprint density at radius 1 is 1.11 bits per heavy atom. The number of nitrogen functional groups attached to an aromatic ring is 1. The van der Waals surface area contributed by atoms with Gasteiger partial charge < -0.3 is 39.6 Å². The molecule has 1 fully saturated rings. The topological polar surface area (TPSA) is 256 Å². The molecule has 2 aliphatic rings. The third kappa shape index (κ3) is 7.26. The number of aromatic nitrogens is 1. The van der Waals surface area contributed by atoms with Crippen LogP contribution in [0, 0.1) is 0 Å². The molecule has 19 heteroatoms. The predicted molar refractivity (Wildman–Crippen MR) is 148 cm³/mol. The van der Waals surface area contributed by atoms with Gasteiger partial charge in [-0.1, -0.05) is 5.16 Å². The zero-order chi connectivity index (χ0) is 33.0. The van der Waals surface area contributed by atoms with Crippen LogP contribution in [0.2, 0.25) is 0 Å². The molecule has 2 aromatic rings. The summed E-state index contributed by atoms with van der Waals surface area (Å²) in [6.45, 7) is 3.02. The van der Waals surface area contributed by atoms with Crippen LogP contribution >= 0.6 is 11.8 Å². The number of rotatable bonds is 10. The summed E-state index contributed by atoms with van der Waals surface area (Å²) in [4.78, 5) is 94.7. The Balaban J connectivity index is 1.55. The van der Waals surface area contributed by atoms with Crippen LogP contribution < -0.4 is 20.5 Å². The zero-order valence-corrected chi connectivity index (χ0v) is 24.4. The van der Waals surface area contributed by atoms with E-state index in [0.29, 0.717) is 0 Å². The summed E-state index contributed by atoms with van der Waals surface area (Å²) in [5.41, 5.74) is 4.19. The number of β-lactam (4-membered cyclic amide) rings is 1. The number of amides is 2. The lowest BCUT2D eigenvalue weighted by atomic mass is 10.0. The number of hydrogen-bond acceptors (Lipinski definition) is 16. The molecule has 1 aromatic carbocycles. The largest absolute Gasteiger partial charge is 0.477 e. The van der Waals surface area contributed by atoms with E-state index in [-0.39, 0.29) is 52.4 Å².